The van der Waals surface area contributed by atoms with E-state index in [9.17, 15) is 9.59 Å². The standard InChI is InChI=1S/C25H31ClN4O3S/c1-3-19-16-29(22-9-8-21(25(32)33-2)27-23(22)34)14-15-30(19)20-10-12-28(13-11-20)24(31)17-4-6-18(26)7-5-17/h4-9,19-20H,3,10-16H2,1-2H3,(H,27,34)/t19-/m0/s1. The SMILES string of the molecule is CC[C@H]1CN(c2ccc(C(=O)OC)[nH]c2=S)CCN1C1CCN(C(=O)c2ccc(Cl)cc2)CC1. The zero-order chi connectivity index (χ0) is 24.2. The molecule has 1 aromatic heterocycles. The zero-order valence-corrected chi connectivity index (χ0v) is 21.2. The van der Waals surface area contributed by atoms with Crippen molar-refractivity contribution in [2.45, 2.75) is 38.3 Å². The fraction of sp³-hybridized carbons (Fsp3) is 0.480. The van der Waals surface area contributed by atoms with E-state index in [0.717, 1.165) is 57.7 Å². The van der Waals surface area contributed by atoms with Gasteiger partial charge in [0, 0.05) is 55.4 Å². The van der Waals surface area contributed by atoms with Crippen molar-refractivity contribution in [1.82, 2.24) is 14.8 Å². The van der Waals surface area contributed by atoms with Gasteiger partial charge in [0.05, 0.1) is 12.8 Å². The van der Waals surface area contributed by atoms with Crippen LogP contribution in [0.3, 0.4) is 0 Å². The highest BCUT2D eigenvalue weighted by Gasteiger charge is 2.34. The number of anilines is 1. The summed E-state index contributed by atoms with van der Waals surface area (Å²) in [6.45, 7) is 6.46. The molecule has 2 saturated heterocycles. The topological polar surface area (TPSA) is 68.9 Å². The number of nitrogens with zero attached hydrogens (tertiary/aromatic N) is 3. The normalized spacial score (nSPS) is 19.8. The molecule has 0 unspecified atom stereocenters. The van der Waals surface area contributed by atoms with Crippen LogP contribution in [0.1, 0.15) is 47.0 Å². The minimum absolute atomic E-state index is 0.0802. The lowest BCUT2D eigenvalue weighted by Crippen LogP contribution is -2.58. The molecule has 0 bridgehead atoms. The number of aromatic nitrogens is 1. The number of piperidine rings is 1. The number of piperazine rings is 1. The van der Waals surface area contributed by atoms with Crippen LogP contribution in [0.5, 0.6) is 0 Å². The summed E-state index contributed by atoms with van der Waals surface area (Å²) in [4.78, 5) is 34.5. The number of halogens is 1. The molecule has 0 spiro atoms. The van der Waals surface area contributed by atoms with Gasteiger partial charge in [0.1, 0.15) is 10.3 Å². The summed E-state index contributed by atoms with van der Waals surface area (Å²) in [5, 5.41) is 0.639. The summed E-state index contributed by atoms with van der Waals surface area (Å²) in [5.41, 5.74) is 2.00. The van der Waals surface area contributed by atoms with Crippen LogP contribution in [0.15, 0.2) is 36.4 Å². The maximum Gasteiger partial charge on any atom is 0.354 e. The van der Waals surface area contributed by atoms with Crippen LogP contribution in [-0.2, 0) is 4.74 Å². The number of nitrogens with one attached hydrogen (secondary N) is 1. The number of likely N-dealkylation sites (tertiary alicyclic amines) is 1. The highest BCUT2D eigenvalue weighted by molar-refractivity contribution is 7.71. The molecule has 2 aliphatic rings. The third-order valence-electron chi connectivity index (χ3n) is 6.95. The second-order valence-electron chi connectivity index (χ2n) is 8.85. The molecule has 2 fully saturated rings. The number of ether oxygens (including phenoxy) is 1. The van der Waals surface area contributed by atoms with Crippen molar-refractivity contribution < 1.29 is 14.3 Å². The van der Waals surface area contributed by atoms with Crippen molar-refractivity contribution in [3.63, 3.8) is 0 Å². The monoisotopic (exact) mass is 502 g/mol. The van der Waals surface area contributed by atoms with Crippen molar-refractivity contribution in [2.24, 2.45) is 0 Å². The Morgan fingerprint density at radius 2 is 1.79 bits per heavy atom. The van der Waals surface area contributed by atoms with Gasteiger partial charge in [0.15, 0.2) is 0 Å². The summed E-state index contributed by atoms with van der Waals surface area (Å²) < 4.78 is 5.33. The molecule has 7 nitrogen and oxygen atoms in total. The number of carbonyl (C=O) groups excluding carboxylic acids is 2. The molecule has 9 heteroatoms. The molecule has 2 aromatic rings. The van der Waals surface area contributed by atoms with Gasteiger partial charge in [-0.05, 0) is 55.7 Å². The first-order chi connectivity index (χ1) is 16.4. The number of amides is 1. The summed E-state index contributed by atoms with van der Waals surface area (Å²) >= 11 is 11.5. The number of H-pyrrole nitrogens is 1. The Morgan fingerprint density at radius 1 is 1.09 bits per heavy atom. The van der Waals surface area contributed by atoms with E-state index < -0.39 is 5.97 Å². The van der Waals surface area contributed by atoms with Crippen molar-refractivity contribution in [1.29, 1.82) is 0 Å². The molecule has 34 heavy (non-hydrogen) atoms. The number of hydrogen-bond donors (Lipinski definition) is 1. The fourth-order valence-corrected chi connectivity index (χ4v) is 5.49. The molecule has 1 atom stereocenters. The Labute approximate surface area is 210 Å². The molecular formula is C25H31ClN4O3S. The number of hydrogen-bond acceptors (Lipinski definition) is 6. The van der Waals surface area contributed by atoms with Gasteiger partial charge in [-0.15, -0.1) is 0 Å². The minimum Gasteiger partial charge on any atom is -0.464 e. The summed E-state index contributed by atoms with van der Waals surface area (Å²) in [6.07, 6.45) is 2.99. The van der Waals surface area contributed by atoms with Crippen molar-refractivity contribution in [3.05, 3.63) is 57.3 Å². The van der Waals surface area contributed by atoms with Gasteiger partial charge >= 0.3 is 5.97 Å². The first-order valence-electron chi connectivity index (χ1n) is 11.8. The molecule has 1 N–H and O–H groups in total. The Kier molecular flexibility index (Phi) is 7.91. The van der Waals surface area contributed by atoms with Gasteiger partial charge in [0.25, 0.3) is 5.91 Å². The van der Waals surface area contributed by atoms with E-state index in [1.54, 1.807) is 30.3 Å². The molecule has 2 aliphatic heterocycles. The molecule has 1 amide bonds. The molecule has 3 heterocycles. The van der Waals surface area contributed by atoms with Gasteiger partial charge in [-0.2, -0.15) is 0 Å². The van der Waals surface area contributed by atoms with Gasteiger partial charge in [-0.25, -0.2) is 4.79 Å². The molecule has 0 saturated carbocycles. The summed E-state index contributed by atoms with van der Waals surface area (Å²) in [5.74, 6) is -0.341. The third kappa shape index (κ3) is 5.29. The summed E-state index contributed by atoms with van der Waals surface area (Å²) in [6, 6.07) is 11.7. The molecule has 0 radical (unpaired) electrons. The van der Waals surface area contributed by atoms with E-state index in [1.165, 1.54) is 7.11 Å². The van der Waals surface area contributed by atoms with Crippen LogP contribution < -0.4 is 4.90 Å². The Balaban J connectivity index is 1.37. The predicted molar refractivity (Wildman–Crippen MR) is 136 cm³/mol. The number of pyridine rings is 1. The molecule has 182 valence electrons. The van der Waals surface area contributed by atoms with Crippen molar-refractivity contribution in [3.8, 4) is 0 Å². The van der Waals surface area contributed by atoms with Crippen LogP contribution in [0.25, 0.3) is 0 Å². The lowest BCUT2D eigenvalue weighted by molar-refractivity contribution is 0.0490. The Hall–Kier alpha value is -2.42. The minimum atomic E-state index is -0.421. The van der Waals surface area contributed by atoms with Crippen molar-refractivity contribution >= 4 is 41.4 Å². The maximum absolute atomic E-state index is 12.9. The molecular weight excluding hydrogens is 472 g/mol. The number of carbonyl (C=O) groups is 2. The van der Waals surface area contributed by atoms with Gasteiger partial charge < -0.3 is 19.5 Å². The largest absolute Gasteiger partial charge is 0.464 e. The average molecular weight is 503 g/mol. The number of methoxy groups -OCH3 is 1. The second-order valence-corrected chi connectivity index (χ2v) is 9.70. The van der Waals surface area contributed by atoms with E-state index in [1.807, 2.05) is 11.0 Å². The highest BCUT2D eigenvalue weighted by Crippen LogP contribution is 2.27. The first-order valence-corrected chi connectivity index (χ1v) is 12.6. The van der Waals surface area contributed by atoms with Gasteiger partial charge in [0.2, 0.25) is 0 Å². The molecule has 1 aromatic carbocycles. The first kappa shape index (κ1) is 24.7. The van der Waals surface area contributed by atoms with E-state index in [4.69, 9.17) is 28.6 Å². The fourth-order valence-electron chi connectivity index (χ4n) is 5.05. The van der Waals surface area contributed by atoms with E-state index in [0.29, 0.717) is 33.0 Å². The van der Waals surface area contributed by atoms with Gasteiger partial charge in [-0.3, -0.25) is 9.69 Å². The van der Waals surface area contributed by atoms with E-state index in [-0.39, 0.29) is 5.91 Å². The van der Waals surface area contributed by atoms with E-state index in [2.05, 4.69) is 21.7 Å². The number of benzene rings is 1. The van der Waals surface area contributed by atoms with E-state index >= 15 is 0 Å². The lowest BCUT2D eigenvalue weighted by atomic mass is 9.97. The number of rotatable bonds is 5. The summed E-state index contributed by atoms with van der Waals surface area (Å²) in [7, 11) is 1.36. The van der Waals surface area contributed by atoms with Crippen LogP contribution >= 0.6 is 23.8 Å². The van der Waals surface area contributed by atoms with Crippen LogP contribution in [0.4, 0.5) is 5.69 Å². The molecule has 4 rings (SSSR count). The van der Waals surface area contributed by atoms with Crippen LogP contribution in [0.2, 0.25) is 5.02 Å². The predicted octanol–water partition coefficient (Wildman–Crippen LogP) is 4.39. The Bertz CT molecular complexity index is 1080. The molecule has 0 aliphatic carbocycles. The zero-order valence-electron chi connectivity index (χ0n) is 19.6. The van der Waals surface area contributed by atoms with Gasteiger partial charge in [-0.1, -0.05) is 30.7 Å². The quantitative estimate of drug-likeness (QED) is 0.483. The Morgan fingerprint density at radius 3 is 2.41 bits per heavy atom. The number of esters is 1. The second kappa shape index (κ2) is 10.9. The third-order valence-corrected chi connectivity index (χ3v) is 7.51. The smallest absolute Gasteiger partial charge is 0.354 e. The van der Waals surface area contributed by atoms with Crippen molar-refractivity contribution in [2.75, 3.05) is 44.7 Å². The lowest BCUT2D eigenvalue weighted by Gasteiger charge is -2.48. The highest BCUT2D eigenvalue weighted by atomic mass is 35.5. The van der Waals surface area contributed by atoms with Crippen LogP contribution in [0, 0.1) is 4.64 Å². The van der Waals surface area contributed by atoms with Crippen LogP contribution in [-0.4, -0.2) is 78.6 Å². The number of aromatic amines is 1. The average Bonchev–Trinajstić information content (AvgIpc) is 2.88. The maximum atomic E-state index is 12.9.